The molecule has 0 saturated heterocycles. The normalized spacial score (nSPS) is 12.0. The molecule has 2 N–H and O–H groups in total. The number of nitrogens with zero attached hydrogens (tertiary/aromatic N) is 1. The number of ether oxygens (including phenoxy) is 1. The molecular weight excluding hydrogens is 302 g/mol. The van der Waals surface area contributed by atoms with Crippen LogP contribution < -0.4 is 5.32 Å². The largest absolute Gasteiger partial charge is 0.464 e. The van der Waals surface area contributed by atoms with Crippen molar-refractivity contribution in [1.82, 2.24) is 9.97 Å². The summed E-state index contributed by atoms with van der Waals surface area (Å²) in [6, 6.07) is 1.67. The predicted molar refractivity (Wildman–Crippen MR) is 85.9 cm³/mol. The first-order valence-electron chi connectivity index (χ1n) is 7.08. The predicted octanol–water partition coefficient (Wildman–Crippen LogP) is 3.30. The van der Waals surface area contributed by atoms with Gasteiger partial charge >= 0.3 is 5.97 Å². The van der Waals surface area contributed by atoms with Crippen LogP contribution in [0.3, 0.4) is 0 Å². The molecule has 1 amide bonds. The van der Waals surface area contributed by atoms with Gasteiger partial charge in [-0.15, -0.1) is 11.3 Å². The van der Waals surface area contributed by atoms with Crippen molar-refractivity contribution in [3.05, 3.63) is 23.3 Å². The van der Waals surface area contributed by atoms with Crippen LogP contribution in [0.2, 0.25) is 0 Å². The van der Waals surface area contributed by atoms with Crippen LogP contribution in [-0.2, 0) is 9.53 Å². The number of carbonyl (C=O) groups is 2. The van der Waals surface area contributed by atoms with Crippen molar-refractivity contribution >= 4 is 28.3 Å². The fourth-order valence-corrected chi connectivity index (χ4v) is 2.75. The molecule has 0 spiro atoms. The number of hydrogen-bond acceptors (Lipinski definition) is 5. The topological polar surface area (TPSA) is 84.1 Å². The summed E-state index contributed by atoms with van der Waals surface area (Å²) in [6.07, 6.45) is 3.51. The second-order valence-corrected chi connectivity index (χ2v) is 5.87. The van der Waals surface area contributed by atoms with Crippen LogP contribution >= 0.6 is 11.3 Å². The lowest BCUT2D eigenvalue weighted by molar-refractivity contribution is -0.119. The van der Waals surface area contributed by atoms with Crippen LogP contribution in [0.25, 0.3) is 11.3 Å². The Balaban J connectivity index is 2.06. The number of hydrogen-bond donors (Lipinski definition) is 2. The number of anilines is 1. The maximum atomic E-state index is 12.0. The van der Waals surface area contributed by atoms with E-state index in [4.69, 9.17) is 0 Å². The van der Waals surface area contributed by atoms with Crippen LogP contribution in [-0.4, -0.2) is 29.0 Å². The number of nitrogens with one attached hydrogen (secondary N) is 2. The van der Waals surface area contributed by atoms with Gasteiger partial charge < -0.3 is 15.0 Å². The molecule has 2 aromatic rings. The van der Waals surface area contributed by atoms with Gasteiger partial charge in [-0.25, -0.2) is 9.78 Å². The highest BCUT2D eigenvalue weighted by atomic mass is 32.1. The van der Waals surface area contributed by atoms with Gasteiger partial charge in [0.15, 0.2) is 5.13 Å². The van der Waals surface area contributed by atoms with Gasteiger partial charge in [0.25, 0.3) is 0 Å². The first-order valence-corrected chi connectivity index (χ1v) is 7.96. The summed E-state index contributed by atoms with van der Waals surface area (Å²) in [4.78, 5) is 30.6. The van der Waals surface area contributed by atoms with Crippen molar-refractivity contribution in [3.63, 3.8) is 0 Å². The molecule has 0 aliphatic rings. The molecule has 6 nitrogen and oxygen atoms in total. The van der Waals surface area contributed by atoms with Gasteiger partial charge in [-0.05, 0) is 12.5 Å². The molecule has 0 radical (unpaired) electrons. The van der Waals surface area contributed by atoms with Crippen molar-refractivity contribution in [1.29, 1.82) is 0 Å². The van der Waals surface area contributed by atoms with Crippen LogP contribution in [0.1, 0.15) is 37.2 Å². The van der Waals surface area contributed by atoms with Crippen molar-refractivity contribution in [2.75, 3.05) is 12.4 Å². The lowest BCUT2D eigenvalue weighted by Gasteiger charge is -2.08. The third kappa shape index (κ3) is 3.73. The van der Waals surface area contributed by atoms with E-state index in [-0.39, 0.29) is 11.8 Å². The monoisotopic (exact) mass is 321 g/mol. The minimum Gasteiger partial charge on any atom is -0.464 e. The van der Waals surface area contributed by atoms with Gasteiger partial charge in [-0.3, -0.25) is 4.79 Å². The van der Waals surface area contributed by atoms with Crippen LogP contribution in [0, 0.1) is 5.92 Å². The fourth-order valence-electron chi connectivity index (χ4n) is 2.03. The fraction of sp³-hybridized carbons (Fsp3) is 0.400. The minimum absolute atomic E-state index is 0.0212. The summed E-state index contributed by atoms with van der Waals surface area (Å²) in [6.45, 7) is 3.96. The lowest BCUT2D eigenvalue weighted by atomic mass is 10.1. The number of aromatic nitrogens is 2. The number of amides is 1. The number of rotatable bonds is 6. The highest BCUT2D eigenvalue weighted by Gasteiger charge is 2.15. The molecule has 2 aromatic heterocycles. The summed E-state index contributed by atoms with van der Waals surface area (Å²) in [5.74, 6) is -0.481. The summed E-state index contributed by atoms with van der Waals surface area (Å²) in [7, 11) is 1.33. The van der Waals surface area contributed by atoms with Gasteiger partial charge in [0.2, 0.25) is 5.91 Å². The Morgan fingerprint density at radius 1 is 1.50 bits per heavy atom. The van der Waals surface area contributed by atoms with E-state index >= 15 is 0 Å². The Labute approximate surface area is 132 Å². The molecule has 0 bridgehead atoms. The van der Waals surface area contributed by atoms with E-state index < -0.39 is 5.97 Å². The van der Waals surface area contributed by atoms with Gasteiger partial charge in [-0.1, -0.05) is 20.3 Å². The van der Waals surface area contributed by atoms with E-state index in [0.717, 1.165) is 18.4 Å². The number of H-pyrrole nitrogens is 1. The van der Waals surface area contributed by atoms with Crippen molar-refractivity contribution in [2.24, 2.45) is 5.92 Å². The number of carbonyl (C=O) groups excluding carboxylic acids is 2. The van der Waals surface area contributed by atoms with Crippen LogP contribution in [0.4, 0.5) is 5.13 Å². The Morgan fingerprint density at radius 2 is 2.27 bits per heavy atom. The quantitative estimate of drug-likeness (QED) is 0.800. The molecule has 0 aromatic carbocycles. The molecule has 0 saturated carbocycles. The van der Waals surface area contributed by atoms with Crippen molar-refractivity contribution in [2.45, 2.75) is 26.7 Å². The molecule has 1 atom stereocenters. The Kier molecular flexibility index (Phi) is 5.32. The van der Waals surface area contributed by atoms with Crippen LogP contribution in [0.5, 0.6) is 0 Å². The lowest BCUT2D eigenvalue weighted by Crippen LogP contribution is -2.19. The minimum atomic E-state index is -0.427. The number of methoxy groups -OCH3 is 1. The Bertz CT molecular complexity index is 663. The number of esters is 1. The molecule has 0 fully saturated rings. The average molecular weight is 321 g/mol. The highest BCUT2D eigenvalue weighted by Crippen LogP contribution is 2.26. The molecule has 0 aliphatic heterocycles. The van der Waals surface area contributed by atoms with Crippen LogP contribution in [0.15, 0.2) is 17.6 Å². The van der Waals surface area contributed by atoms with E-state index in [1.807, 2.05) is 12.3 Å². The molecular formula is C15H19N3O3S. The third-order valence-electron chi connectivity index (χ3n) is 3.29. The second kappa shape index (κ2) is 7.22. The Morgan fingerprint density at radius 3 is 2.95 bits per heavy atom. The summed E-state index contributed by atoms with van der Waals surface area (Å²) < 4.78 is 4.65. The zero-order valence-electron chi connectivity index (χ0n) is 12.8. The zero-order chi connectivity index (χ0) is 16.1. The average Bonchev–Trinajstić information content (AvgIpc) is 3.15. The first-order chi connectivity index (χ1) is 10.5. The number of aromatic amines is 1. The zero-order valence-corrected chi connectivity index (χ0v) is 13.6. The van der Waals surface area contributed by atoms with E-state index in [0.29, 0.717) is 16.5 Å². The molecule has 1 unspecified atom stereocenters. The van der Waals surface area contributed by atoms with Gasteiger partial charge in [0, 0.05) is 23.1 Å². The molecule has 22 heavy (non-hydrogen) atoms. The van der Waals surface area contributed by atoms with Crippen molar-refractivity contribution in [3.8, 4) is 11.3 Å². The Hall–Kier alpha value is -2.15. The van der Waals surface area contributed by atoms with Gasteiger partial charge in [0.1, 0.15) is 5.69 Å². The molecule has 0 aliphatic carbocycles. The summed E-state index contributed by atoms with van der Waals surface area (Å²) in [5.41, 5.74) is 1.85. The van der Waals surface area contributed by atoms with Gasteiger partial charge in [-0.2, -0.15) is 0 Å². The maximum absolute atomic E-state index is 12.0. The SMILES string of the molecule is CCCC(C)C(=O)Nc1nc(-c2c[nH]c(C(=O)OC)c2)cs1. The standard InChI is InChI=1S/C15H19N3O3S/c1-4-5-9(2)13(19)18-15-17-12(8-22-15)10-6-11(16-7-10)14(20)21-3/h6-9,16H,4-5H2,1-3H3,(H,17,18,19). The maximum Gasteiger partial charge on any atom is 0.354 e. The smallest absolute Gasteiger partial charge is 0.354 e. The number of thiazole rings is 1. The third-order valence-corrected chi connectivity index (χ3v) is 4.05. The molecule has 118 valence electrons. The van der Waals surface area contributed by atoms with Gasteiger partial charge in [0.05, 0.1) is 12.8 Å². The van der Waals surface area contributed by atoms with E-state index in [1.165, 1.54) is 18.4 Å². The second-order valence-electron chi connectivity index (χ2n) is 5.01. The summed E-state index contributed by atoms with van der Waals surface area (Å²) >= 11 is 1.36. The van der Waals surface area contributed by atoms with E-state index in [1.54, 1.807) is 12.3 Å². The van der Waals surface area contributed by atoms with Crippen molar-refractivity contribution < 1.29 is 14.3 Å². The molecule has 2 heterocycles. The highest BCUT2D eigenvalue weighted by molar-refractivity contribution is 7.14. The summed E-state index contributed by atoms with van der Waals surface area (Å²) in [5, 5.41) is 5.22. The molecule has 7 heteroatoms. The van der Waals surface area contributed by atoms with E-state index in [2.05, 4.69) is 26.9 Å². The molecule has 2 rings (SSSR count). The van der Waals surface area contributed by atoms with E-state index in [9.17, 15) is 9.59 Å². The first kappa shape index (κ1) is 16.2.